The van der Waals surface area contributed by atoms with Gasteiger partial charge in [-0.05, 0) is 36.4 Å². The van der Waals surface area contributed by atoms with E-state index in [2.05, 4.69) is 5.32 Å². The maximum Gasteiger partial charge on any atom is 0.338 e. The van der Waals surface area contributed by atoms with E-state index in [1.54, 1.807) is 0 Å². The van der Waals surface area contributed by atoms with Gasteiger partial charge in [-0.2, -0.15) is 0 Å². The highest BCUT2D eigenvalue weighted by molar-refractivity contribution is 7.89. The van der Waals surface area contributed by atoms with Crippen molar-refractivity contribution in [2.75, 3.05) is 11.9 Å². The second kappa shape index (κ2) is 7.36. The number of hydrogen-bond donors (Lipinski definition) is 2. The summed E-state index contributed by atoms with van der Waals surface area (Å²) in [4.78, 5) is 23.2. The molecule has 2 rings (SSSR count). The molecule has 132 valence electrons. The summed E-state index contributed by atoms with van der Waals surface area (Å²) in [5, 5.41) is 7.04. The minimum absolute atomic E-state index is 0.00633. The third-order valence-corrected chi connectivity index (χ3v) is 3.89. The molecule has 0 fully saturated rings. The SMILES string of the molecule is NS(=O)(=O)c1ccc(C(=O)OCC(=O)Nc2ccc(F)cc2F)cc1. The molecule has 0 aliphatic heterocycles. The Morgan fingerprint density at radius 1 is 1.08 bits per heavy atom. The third kappa shape index (κ3) is 5.06. The number of carbonyl (C=O) groups is 2. The van der Waals surface area contributed by atoms with Gasteiger partial charge in [0.1, 0.15) is 11.6 Å². The number of carbonyl (C=O) groups excluding carboxylic acids is 2. The maximum absolute atomic E-state index is 13.4. The molecular formula is C15H12F2N2O5S. The first-order chi connectivity index (χ1) is 11.7. The fraction of sp³-hybridized carbons (Fsp3) is 0.0667. The van der Waals surface area contributed by atoms with Gasteiger partial charge in [0.15, 0.2) is 6.61 Å². The lowest BCUT2D eigenvalue weighted by Gasteiger charge is -2.08. The first kappa shape index (κ1) is 18.5. The van der Waals surface area contributed by atoms with E-state index in [0.717, 1.165) is 24.3 Å². The second-order valence-electron chi connectivity index (χ2n) is 4.82. The van der Waals surface area contributed by atoms with Gasteiger partial charge in [-0.3, -0.25) is 4.79 Å². The molecule has 0 saturated carbocycles. The van der Waals surface area contributed by atoms with Crippen LogP contribution in [0.25, 0.3) is 0 Å². The molecule has 2 aromatic rings. The average Bonchev–Trinajstić information content (AvgIpc) is 2.54. The fourth-order valence-electron chi connectivity index (χ4n) is 1.77. The molecule has 0 aromatic heterocycles. The Bertz CT molecular complexity index is 914. The molecule has 0 radical (unpaired) electrons. The summed E-state index contributed by atoms with van der Waals surface area (Å²) in [5.41, 5.74) is -0.270. The molecule has 10 heteroatoms. The number of esters is 1. The zero-order valence-corrected chi connectivity index (χ0v) is 13.3. The lowest BCUT2D eigenvalue weighted by molar-refractivity contribution is -0.119. The van der Waals surface area contributed by atoms with Crippen LogP contribution >= 0.6 is 0 Å². The first-order valence-corrected chi connectivity index (χ1v) is 8.26. The van der Waals surface area contributed by atoms with Crippen LogP contribution in [0.15, 0.2) is 47.4 Å². The molecule has 0 bridgehead atoms. The molecule has 0 unspecified atom stereocenters. The molecule has 1 amide bonds. The van der Waals surface area contributed by atoms with Gasteiger partial charge in [-0.1, -0.05) is 0 Å². The van der Waals surface area contributed by atoms with E-state index in [9.17, 15) is 26.8 Å². The number of nitrogens with one attached hydrogen (secondary N) is 1. The Kier molecular flexibility index (Phi) is 5.45. The second-order valence-corrected chi connectivity index (χ2v) is 6.38. The molecule has 0 aliphatic carbocycles. The van der Waals surface area contributed by atoms with Crippen LogP contribution in [-0.2, 0) is 19.6 Å². The largest absolute Gasteiger partial charge is 0.452 e. The van der Waals surface area contributed by atoms with Gasteiger partial charge in [-0.15, -0.1) is 0 Å². The van der Waals surface area contributed by atoms with Gasteiger partial charge in [0.05, 0.1) is 16.1 Å². The van der Waals surface area contributed by atoms with Crippen LogP contribution in [0.3, 0.4) is 0 Å². The standard InChI is InChI=1S/C15H12F2N2O5S/c16-10-3-6-13(12(17)7-10)19-14(20)8-24-15(21)9-1-4-11(5-2-9)25(18,22)23/h1-7H,8H2,(H,19,20)(H2,18,22,23). The number of benzene rings is 2. The zero-order chi connectivity index (χ0) is 18.6. The topological polar surface area (TPSA) is 116 Å². The van der Waals surface area contributed by atoms with E-state index in [4.69, 9.17) is 9.88 Å². The maximum atomic E-state index is 13.4. The van der Waals surface area contributed by atoms with Crippen LogP contribution < -0.4 is 10.5 Å². The van der Waals surface area contributed by atoms with Crippen molar-refractivity contribution in [3.63, 3.8) is 0 Å². The highest BCUT2D eigenvalue weighted by Gasteiger charge is 2.14. The highest BCUT2D eigenvalue weighted by Crippen LogP contribution is 2.15. The Morgan fingerprint density at radius 3 is 2.28 bits per heavy atom. The number of anilines is 1. The monoisotopic (exact) mass is 370 g/mol. The normalized spacial score (nSPS) is 11.0. The summed E-state index contributed by atoms with van der Waals surface area (Å²) in [6, 6.07) is 7.13. The number of primary sulfonamides is 1. The Labute approximate surface area is 141 Å². The number of halogens is 2. The van der Waals surface area contributed by atoms with Gasteiger partial charge in [0.25, 0.3) is 5.91 Å². The highest BCUT2D eigenvalue weighted by atomic mass is 32.2. The summed E-state index contributed by atoms with van der Waals surface area (Å²) in [6.07, 6.45) is 0. The molecule has 7 nitrogen and oxygen atoms in total. The number of nitrogens with two attached hydrogens (primary N) is 1. The van der Waals surface area contributed by atoms with Crippen molar-refractivity contribution in [2.24, 2.45) is 5.14 Å². The predicted octanol–water partition coefficient (Wildman–Crippen LogP) is 1.41. The van der Waals surface area contributed by atoms with Crippen molar-refractivity contribution in [2.45, 2.75) is 4.90 Å². The molecule has 0 atom stereocenters. The fourth-order valence-corrected chi connectivity index (χ4v) is 2.29. The van der Waals surface area contributed by atoms with Gasteiger partial charge >= 0.3 is 5.97 Å². The predicted molar refractivity (Wildman–Crippen MR) is 83.1 cm³/mol. The lowest BCUT2D eigenvalue weighted by atomic mass is 10.2. The quantitative estimate of drug-likeness (QED) is 0.772. The molecule has 25 heavy (non-hydrogen) atoms. The number of sulfonamides is 1. The van der Waals surface area contributed by atoms with Crippen molar-refractivity contribution in [1.29, 1.82) is 0 Å². The van der Waals surface area contributed by atoms with E-state index in [-0.39, 0.29) is 16.1 Å². The minimum Gasteiger partial charge on any atom is -0.452 e. The number of ether oxygens (including phenoxy) is 1. The zero-order valence-electron chi connectivity index (χ0n) is 12.5. The molecule has 2 aromatic carbocycles. The van der Waals surface area contributed by atoms with E-state index in [0.29, 0.717) is 6.07 Å². The Balaban J connectivity index is 1.94. The van der Waals surface area contributed by atoms with E-state index >= 15 is 0 Å². The van der Waals surface area contributed by atoms with E-state index < -0.39 is 40.1 Å². The van der Waals surface area contributed by atoms with E-state index in [1.165, 1.54) is 12.1 Å². The smallest absolute Gasteiger partial charge is 0.338 e. The van der Waals surface area contributed by atoms with Gasteiger partial charge in [-0.25, -0.2) is 27.1 Å². The minimum atomic E-state index is -3.89. The number of hydrogen-bond acceptors (Lipinski definition) is 5. The van der Waals surface area contributed by atoms with Crippen LogP contribution in [0.1, 0.15) is 10.4 Å². The molecule has 0 spiro atoms. The lowest BCUT2D eigenvalue weighted by Crippen LogP contribution is -2.21. The van der Waals surface area contributed by atoms with Gasteiger partial charge in [0, 0.05) is 6.07 Å². The van der Waals surface area contributed by atoms with Crippen LogP contribution in [0.2, 0.25) is 0 Å². The van der Waals surface area contributed by atoms with Crippen molar-refractivity contribution >= 4 is 27.6 Å². The van der Waals surface area contributed by atoms with E-state index in [1.807, 2.05) is 0 Å². The first-order valence-electron chi connectivity index (χ1n) is 6.72. The van der Waals surface area contributed by atoms with Crippen molar-refractivity contribution in [1.82, 2.24) is 0 Å². The van der Waals surface area contributed by atoms with Crippen LogP contribution in [0.5, 0.6) is 0 Å². The molecule has 0 saturated heterocycles. The number of rotatable bonds is 5. The Hall–Kier alpha value is -2.85. The molecular weight excluding hydrogens is 358 g/mol. The summed E-state index contributed by atoms with van der Waals surface area (Å²) in [6.45, 7) is -0.716. The van der Waals surface area contributed by atoms with Crippen LogP contribution in [0.4, 0.5) is 14.5 Å². The molecule has 0 aliphatic rings. The summed E-state index contributed by atoms with van der Waals surface area (Å²) in [5.74, 6) is -3.50. The molecule has 0 heterocycles. The third-order valence-electron chi connectivity index (χ3n) is 2.96. The van der Waals surface area contributed by atoms with Gasteiger partial charge in [0.2, 0.25) is 10.0 Å². The molecule has 3 N–H and O–H groups in total. The van der Waals surface area contributed by atoms with Crippen molar-refractivity contribution < 1.29 is 31.5 Å². The Morgan fingerprint density at radius 2 is 1.72 bits per heavy atom. The average molecular weight is 370 g/mol. The number of amides is 1. The summed E-state index contributed by atoms with van der Waals surface area (Å²) < 4.78 is 53.1. The van der Waals surface area contributed by atoms with Crippen LogP contribution in [0, 0.1) is 11.6 Å². The van der Waals surface area contributed by atoms with Crippen molar-refractivity contribution in [3.05, 3.63) is 59.7 Å². The van der Waals surface area contributed by atoms with Crippen LogP contribution in [-0.4, -0.2) is 26.9 Å². The summed E-state index contributed by atoms with van der Waals surface area (Å²) >= 11 is 0. The van der Waals surface area contributed by atoms with Gasteiger partial charge < -0.3 is 10.1 Å². The van der Waals surface area contributed by atoms with Crippen molar-refractivity contribution in [3.8, 4) is 0 Å². The summed E-state index contributed by atoms with van der Waals surface area (Å²) in [7, 11) is -3.89.